The molecule has 2 unspecified atom stereocenters. The second-order valence-corrected chi connectivity index (χ2v) is 12.3. The van der Waals surface area contributed by atoms with Crippen LogP contribution in [0.25, 0.3) is 27.8 Å². The monoisotopic (exact) mass is 591 g/mol. The standard InChI is InChI=1S/C35H27Cl2N3S/c36-28-18-14-23(15-19-28)22-27-12-7-13-30-31(27)39-40(33(30)25-16-20-29(37)21-17-25)35-38-32(24-8-3-1-4-9-24)34(41-35)26-10-5-2-6-11-26/h1-6,8-11,14-22,30,33H,7,12-13H2/b27-22+. The van der Waals surface area contributed by atoms with Crippen molar-refractivity contribution in [2.75, 3.05) is 5.01 Å². The molecule has 4 aromatic carbocycles. The van der Waals surface area contributed by atoms with E-state index in [1.807, 2.05) is 30.3 Å². The topological polar surface area (TPSA) is 28.5 Å². The Morgan fingerprint density at radius 1 is 0.756 bits per heavy atom. The fourth-order valence-electron chi connectivity index (χ4n) is 5.90. The van der Waals surface area contributed by atoms with E-state index in [1.54, 1.807) is 11.3 Å². The van der Waals surface area contributed by atoms with Crippen LogP contribution in [0.4, 0.5) is 5.13 Å². The van der Waals surface area contributed by atoms with Crippen LogP contribution in [0.3, 0.4) is 0 Å². The molecular weight excluding hydrogens is 565 g/mol. The van der Waals surface area contributed by atoms with Crippen molar-refractivity contribution in [3.63, 3.8) is 0 Å². The molecular formula is C35H27Cl2N3S. The van der Waals surface area contributed by atoms with Crippen molar-refractivity contribution >= 4 is 51.5 Å². The van der Waals surface area contributed by atoms with Crippen LogP contribution in [0.15, 0.2) is 120 Å². The van der Waals surface area contributed by atoms with E-state index in [0.29, 0.717) is 0 Å². The zero-order chi connectivity index (χ0) is 27.8. The highest BCUT2D eigenvalue weighted by Gasteiger charge is 2.43. The number of hydrogen-bond donors (Lipinski definition) is 0. The molecule has 3 nitrogen and oxygen atoms in total. The molecule has 5 aromatic rings. The first-order valence-electron chi connectivity index (χ1n) is 13.9. The van der Waals surface area contributed by atoms with Gasteiger partial charge in [0.2, 0.25) is 5.13 Å². The van der Waals surface area contributed by atoms with E-state index in [9.17, 15) is 0 Å². The summed E-state index contributed by atoms with van der Waals surface area (Å²) in [5.74, 6) is 0.257. The fraction of sp³-hybridized carbons (Fsp3) is 0.143. The van der Waals surface area contributed by atoms with Gasteiger partial charge in [0.1, 0.15) is 0 Å². The van der Waals surface area contributed by atoms with Crippen LogP contribution >= 0.6 is 34.5 Å². The Morgan fingerprint density at radius 2 is 1.39 bits per heavy atom. The van der Waals surface area contributed by atoms with E-state index in [2.05, 4.69) is 89.9 Å². The van der Waals surface area contributed by atoms with Crippen molar-refractivity contribution in [1.29, 1.82) is 0 Å². The zero-order valence-corrected chi connectivity index (χ0v) is 24.6. The second-order valence-electron chi connectivity index (χ2n) is 10.5. The summed E-state index contributed by atoms with van der Waals surface area (Å²) in [7, 11) is 0. The molecule has 1 aromatic heterocycles. The number of anilines is 1. The Labute approximate surface area is 254 Å². The summed E-state index contributed by atoms with van der Waals surface area (Å²) in [6.45, 7) is 0. The smallest absolute Gasteiger partial charge is 0.207 e. The van der Waals surface area contributed by atoms with Gasteiger partial charge in [0.15, 0.2) is 0 Å². The predicted molar refractivity (Wildman–Crippen MR) is 174 cm³/mol. The molecule has 0 spiro atoms. The highest BCUT2D eigenvalue weighted by atomic mass is 35.5. The van der Waals surface area contributed by atoms with Gasteiger partial charge in [0.25, 0.3) is 0 Å². The lowest BCUT2D eigenvalue weighted by molar-refractivity contribution is 0.487. The molecule has 1 aliphatic heterocycles. The Morgan fingerprint density at radius 3 is 2.07 bits per heavy atom. The number of rotatable bonds is 5. The van der Waals surface area contributed by atoms with Crippen molar-refractivity contribution in [3.05, 3.63) is 136 Å². The summed E-state index contributed by atoms with van der Waals surface area (Å²) >= 11 is 14.2. The Kier molecular flexibility index (Phi) is 7.22. The van der Waals surface area contributed by atoms with Crippen LogP contribution in [-0.4, -0.2) is 10.7 Å². The van der Waals surface area contributed by atoms with Crippen LogP contribution in [0.5, 0.6) is 0 Å². The van der Waals surface area contributed by atoms with Crippen molar-refractivity contribution in [3.8, 4) is 21.7 Å². The quantitative estimate of drug-likeness (QED) is 0.203. The highest BCUT2D eigenvalue weighted by molar-refractivity contribution is 7.19. The predicted octanol–water partition coefficient (Wildman–Crippen LogP) is 10.6. The maximum Gasteiger partial charge on any atom is 0.207 e. The molecule has 202 valence electrons. The molecule has 2 aliphatic rings. The van der Waals surface area contributed by atoms with E-state index in [-0.39, 0.29) is 12.0 Å². The van der Waals surface area contributed by atoms with Gasteiger partial charge >= 0.3 is 0 Å². The fourth-order valence-corrected chi connectivity index (χ4v) is 7.23. The number of hydrogen-bond acceptors (Lipinski definition) is 4. The van der Waals surface area contributed by atoms with Crippen LogP contribution in [0.1, 0.15) is 36.4 Å². The lowest BCUT2D eigenvalue weighted by atomic mass is 9.77. The van der Waals surface area contributed by atoms with E-state index in [4.69, 9.17) is 33.3 Å². The number of hydrazone groups is 1. The van der Waals surface area contributed by atoms with Crippen LogP contribution in [0, 0.1) is 5.92 Å². The van der Waals surface area contributed by atoms with Gasteiger partial charge in [-0.3, -0.25) is 0 Å². The van der Waals surface area contributed by atoms with Gasteiger partial charge in [-0.05, 0) is 71.9 Å². The molecule has 1 saturated carbocycles. The maximum atomic E-state index is 6.32. The lowest BCUT2D eigenvalue weighted by Gasteiger charge is -2.29. The van der Waals surface area contributed by atoms with E-state index in [0.717, 1.165) is 67.4 Å². The number of allylic oxidation sites excluding steroid dienone is 1. The summed E-state index contributed by atoms with van der Waals surface area (Å²) in [5.41, 5.74) is 8.02. The molecule has 0 bridgehead atoms. The normalized spacial score (nSPS) is 19.3. The SMILES string of the molecule is Clc1ccc(/C=C2\CCCC3C2=NN(c2nc(-c4ccccc4)c(-c4ccccc4)s2)C3c2ccc(Cl)cc2)cc1. The zero-order valence-electron chi connectivity index (χ0n) is 22.3. The van der Waals surface area contributed by atoms with Gasteiger partial charge in [0, 0.05) is 21.5 Å². The van der Waals surface area contributed by atoms with Gasteiger partial charge in [-0.1, -0.05) is 119 Å². The third kappa shape index (κ3) is 5.24. The molecule has 7 rings (SSSR count). The maximum absolute atomic E-state index is 6.32. The minimum Gasteiger partial charge on any atom is -0.231 e. The number of benzene rings is 4. The number of aromatic nitrogens is 1. The molecule has 0 radical (unpaired) electrons. The molecule has 1 aliphatic carbocycles. The minimum atomic E-state index is 0.0366. The van der Waals surface area contributed by atoms with Crippen LogP contribution < -0.4 is 5.01 Å². The summed E-state index contributed by atoms with van der Waals surface area (Å²) in [4.78, 5) is 6.43. The minimum absolute atomic E-state index is 0.0366. The van der Waals surface area contributed by atoms with Gasteiger partial charge in [-0.15, -0.1) is 0 Å². The molecule has 2 atom stereocenters. The van der Waals surface area contributed by atoms with Gasteiger partial charge in [-0.2, -0.15) is 5.10 Å². The van der Waals surface area contributed by atoms with Crippen molar-refractivity contribution < 1.29 is 0 Å². The van der Waals surface area contributed by atoms with Crippen molar-refractivity contribution in [2.24, 2.45) is 11.0 Å². The lowest BCUT2D eigenvalue weighted by Crippen LogP contribution is -2.28. The number of fused-ring (bicyclic) bond motifs is 1. The van der Waals surface area contributed by atoms with E-state index >= 15 is 0 Å². The summed E-state index contributed by atoms with van der Waals surface area (Å²) < 4.78 is 0. The van der Waals surface area contributed by atoms with Crippen molar-refractivity contribution in [1.82, 2.24) is 4.98 Å². The highest BCUT2D eigenvalue weighted by Crippen LogP contribution is 2.49. The Bertz CT molecular complexity index is 1670. The molecule has 0 N–H and O–H groups in total. The van der Waals surface area contributed by atoms with Gasteiger partial charge < -0.3 is 0 Å². The Hall–Kier alpha value is -3.70. The first kappa shape index (κ1) is 26.2. The van der Waals surface area contributed by atoms with Crippen molar-refractivity contribution in [2.45, 2.75) is 25.3 Å². The Balaban J connectivity index is 1.38. The molecule has 0 amide bonds. The first-order chi connectivity index (χ1) is 20.1. The number of thiazole rings is 1. The average molecular weight is 593 g/mol. The van der Waals surface area contributed by atoms with Crippen LogP contribution in [0.2, 0.25) is 10.0 Å². The first-order valence-corrected chi connectivity index (χ1v) is 15.4. The summed E-state index contributed by atoms with van der Waals surface area (Å²) in [6, 6.07) is 37.3. The summed E-state index contributed by atoms with van der Waals surface area (Å²) in [5, 5.41) is 9.92. The average Bonchev–Trinajstić information content (AvgIpc) is 3.63. The molecule has 0 saturated heterocycles. The third-order valence-electron chi connectivity index (χ3n) is 7.82. The molecule has 2 heterocycles. The molecule has 6 heteroatoms. The van der Waals surface area contributed by atoms with Gasteiger partial charge in [-0.25, -0.2) is 9.99 Å². The van der Waals surface area contributed by atoms with Gasteiger partial charge in [0.05, 0.1) is 22.3 Å². The molecule has 41 heavy (non-hydrogen) atoms. The van der Waals surface area contributed by atoms with E-state index in [1.165, 1.54) is 11.1 Å². The number of halogens is 2. The number of nitrogens with zero attached hydrogens (tertiary/aromatic N) is 3. The third-order valence-corrected chi connectivity index (χ3v) is 9.42. The largest absolute Gasteiger partial charge is 0.231 e. The second kappa shape index (κ2) is 11.3. The van der Waals surface area contributed by atoms with Crippen LogP contribution in [-0.2, 0) is 0 Å². The molecule has 1 fully saturated rings. The summed E-state index contributed by atoms with van der Waals surface area (Å²) in [6.07, 6.45) is 5.46. The van der Waals surface area contributed by atoms with E-state index < -0.39 is 0 Å².